The van der Waals surface area contributed by atoms with Crippen LogP contribution in [0, 0.1) is 0 Å². The van der Waals surface area contributed by atoms with Gasteiger partial charge in [0.25, 0.3) is 11.8 Å². The number of para-hydroxylation sites is 1. The second kappa shape index (κ2) is 11.6. The molecule has 1 saturated heterocycles. The number of hydrogen-bond acceptors (Lipinski definition) is 4. The number of nitrogens with zero attached hydrogens (tertiary/aromatic N) is 3. The molecule has 1 aromatic heterocycles. The quantitative estimate of drug-likeness (QED) is 0.413. The normalized spacial score (nSPS) is 22.5. The van der Waals surface area contributed by atoms with Gasteiger partial charge in [0.2, 0.25) is 0 Å². The minimum absolute atomic E-state index is 0.0500. The molecule has 0 spiro atoms. The summed E-state index contributed by atoms with van der Waals surface area (Å²) in [7, 11) is 0. The minimum Gasteiger partial charge on any atom is -0.481 e. The summed E-state index contributed by atoms with van der Waals surface area (Å²) in [6, 6.07) is 3.85. The number of likely N-dealkylation sites (tertiary alicyclic amines) is 1. The van der Waals surface area contributed by atoms with E-state index in [0.29, 0.717) is 19.4 Å². The van der Waals surface area contributed by atoms with Crippen LogP contribution in [0.4, 0.5) is 26.3 Å². The largest absolute Gasteiger partial charge is 0.481 e. The highest BCUT2D eigenvalue weighted by Gasteiger charge is 2.37. The van der Waals surface area contributed by atoms with Gasteiger partial charge in [0.05, 0.1) is 24.2 Å². The van der Waals surface area contributed by atoms with E-state index in [2.05, 4.69) is 10.3 Å². The Balaban J connectivity index is 1.58. The predicted octanol–water partition coefficient (Wildman–Crippen LogP) is 5.19. The van der Waals surface area contributed by atoms with Crippen LogP contribution in [0.3, 0.4) is 0 Å². The van der Waals surface area contributed by atoms with Crippen molar-refractivity contribution in [3.8, 4) is 5.69 Å². The van der Waals surface area contributed by atoms with E-state index in [0.717, 1.165) is 16.8 Å². The van der Waals surface area contributed by atoms with Gasteiger partial charge in [0.15, 0.2) is 0 Å². The van der Waals surface area contributed by atoms with Crippen molar-refractivity contribution in [2.75, 3.05) is 19.6 Å². The van der Waals surface area contributed by atoms with Gasteiger partial charge in [-0.1, -0.05) is 12.1 Å². The standard InChI is InChI=1S/C26H30F6N4O3/c27-17-7-6-16(12-17)23-34-20(14-36(23)21-5-2-1-4-19(21)26(30,31)32)24(39)33-18(13-22(37)38)8-11-35-10-3-9-25(28,29)15-35/h1-2,4-5,14,16-18H,3,6-13,15H2,(H,33,39)(H,37,38)/t16?,17?,18-/m0/s1. The van der Waals surface area contributed by atoms with Gasteiger partial charge in [-0.2, -0.15) is 13.2 Å². The summed E-state index contributed by atoms with van der Waals surface area (Å²) in [4.78, 5) is 30.4. The number of carboxylic acids is 1. The molecule has 39 heavy (non-hydrogen) atoms. The van der Waals surface area contributed by atoms with Crippen LogP contribution in [0.5, 0.6) is 0 Å². The first-order valence-electron chi connectivity index (χ1n) is 12.8. The van der Waals surface area contributed by atoms with Gasteiger partial charge in [0, 0.05) is 31.1 Å². The number of benzene rings is 1. The molecule has 1 aliphatic heterocycles. The Labute approximate surface area is 221 Å². The number of amides is 1. The SMILES string of the molecule is O=C(O)C[C@H](CCN1CCCC(F)(F)C1)NC(=O)c1cn(-c2ccccc2C(F)(F)F)c(C2CCC(F)C2)n1. The molecule has 2 aromatic rings. The number of aliphatic carboxylic acids is 1. The van der Waals surface area contributed by atoms with E-state index in [1.807, 2.05) is 0 Å². The second-order valence-corrected chi connectivity index (χ2v) is 10.3. The highest BCUT2D eigenvalue weighted by atomic mass is 19.4. The summed E-state index contributed by atoms with van der Waals surface area (Å²) < 4.78 is 84.0. The van der Waals surface area contributed by atoms with Crippen molar-refractivity contribution in [2.45, 2.75) is 75.2 Å². The number of nitrogens with one attached hydrogen (secondary N) is 1. The lowest BCUT2D eigenvalue weighted by Crippen LogP contribution is -2.45. The van der Waals surface area contributed by atoms with Crippen molar-refractivity contribution in [1.29, 1.82) is 0 Å². The molecule has 3 atom stereocenters. The van der Waals surface area contributed by atoms with Crippen molar-refractivity contribution in [1.82, 2.24) is 19.8 Å². The third-order valence-electron chi connectivity index (χ3n) is 7.19. The van der Waals surface area contributed by atoms with Crippen molar-refractivity contribution < 1.29 is 41.0 Å². The van der Waals surface area contributed by atoms with Crippen LogP contribution in [0.25, 0.3) is 5.69 Å². The van der Waals surface area contributed by atoms with Crippen LogP contribution in [0.1, 0.15) is 72.7 Å². The zero-order valence-corrected chi connectivity index (χ0v) is 21.1. The molecule has 2 aliphatic rings. The van der Waals surface area contributed by atoms with Crippen molar-refractivity contribution in [2.24, 2.45) is 0 Å². The average molecular weight is 561 g/mol. The van der Waals surface area contributed by atoms with Gasteiger partial charge < -0.3 is 15.0 Å². The topological polar surface area (TPSA) is 87.5 Å². The first-order valence-corrected chi connectivity index (χ1v) is 12.8. The molecule has 1 saturated carbocycles. The fourth-order valence-electron chi connectivity index (χ4n) is 5.34. The van der Waals surface area contributed by atoms with Crippen LogP contribution < -0.4 is 5.32 Å². The molecule has 214 valence electrons. The molecule has 7 nitrogen and oxygen atoms in total. The fourth-order valence-corrected chi connectivity index (χ4v) is 5.34. The Kier molecular flexibility index (Phi) is 8.57. The molecule has 1 aliphatic carbocycles. The van der Waals surface area contributed by atoms with E-state index in [9.17, 15) is 41.0 Å². The maximum absolute atomic E-state index is 14.0. The number of piperidine rings is 1. The molecular formula is C26H30F6N4O3. The van der Waals surface area contributed by atoms with Crippen LogP contribution in [0.15, 0.2) is 30.5 Å². The first-order chi connectivity index (χ1) is 18.3. The van der Waals surface area contributed by atoms with Gasteiger partial charge in [-0.3, -0.25) is 14.5 Å². The number of rotatable bonds is 9. The van der Waals surface area contributed by atoms with E-state index >= 15 is 0 Å². The number of halogens is 6. The Morgan fingerprint density at radius 2 is 1.95 bits per heavy atom. The Morgan fingerprint density at radius 3 is 2.59 bits per heavy atom. The molecule has 1 amide bonds. The molecule has 2 N–H and O–H groups in total. The van der Waals surface area contributed by atoms with Gasteiger partial charge in [-0.05, 0) is 50.8 Å². The molecule has 13 heteroatoms. The van der Waals surface area contributed by atoms with Crippen molar-refractivity contribution in [3.63, 3.8) is 0 Å². The van der Waals surface area contributed by atoms with Crippen LogP contribution in [-0.4, -0.2) is 69.2 Å². The molecule has 0 bridgehead atoms. The van der Waals surface area contributed by atoms with Crippen molar-refractivity contribution in [3.05, 3.63) is 47.5 Å². The van der Waals surface area contributed by atoms with Gasteiger partial charge in [-0.15, -0.1) is 0 Å². The molecule has 1 aromatic carbocycles. The fraction of sp³-hybridized carbons (Fsp3) is 0.577. The Bertz CT molecular complexity index is 1180. The maximum atomic E-state index is 14.0. The first kappa shape index (κ1) is 28.9. The third-order valence-corrected chi connectivity index (χ3v) is 7.19. The Morgan fingerprint density at radius 1 is 1.21 bits per heavy atom. The second-order valence-electron chi connectivity index (χ2n) is 10.3. The van der Waals surface area contributed by atoms with Gasteiger partial charge in [0.1, 0.15) is 17.7 Å². The number of alkyl halides is 6. The van der Waals surface area contributed by atoms with E-state index in [4.69, 9.17) is 0 Å². The lowest BCUT2D eigenvalue weighted by atomic mass is 10.1. The highest BCUT2D eigenvalue weighted by molar-refractivity contribution is 5.92. The molecule has 4 rings (SSSR count). The van der Waals surface area contributed by atoms with Gasteiger partial charge >= 0.3 is 12.1 Å². The van der Waals surface area contributed by atoms with E-state index in [1.165, 1.54) is 23.1 Å². The lowest BCUT2D eigenvalue weighted by Gasteiger charge is -2.33. The molecule has 2 unspecified atom stereocenters. The number of carbonyl (C=O) groups is 2. The van der Waals surface area contributed by atoms with Crippen LogP contribution >= 0.6 is 0 Å². The number of aromatic nitrogens is 2. The van der Waals surface area contributed by atoms with E-state index in [-0.39, 0.29) is 49.4 Å². The molecule has 2 heterocycles. The van der Waals surface area contributed by atoms with E-state index in [1.54, 1.807) is 0 Å². The van der Waals surface area contributed by atoms with E-state index < -0.39 is 60.6 Å². The monoisotopic (exact) mass is 560 g/mol. The average Bonchev–Trinajstić information content (AvgIpc) is 3.47. The molecule has 2 fully saturated rings. The number of hydrogen-bond donors (Lipinski definition) is 2. The van der Waals surface area contributed by atoms with Crippen molar-refractivity contribution >= 4 is 11.9 Å². The maximum Gasteiger partial charge on any atom is 0.418 e. The predicted molar refractivity (Wildman–Crippen MR) is 129 cm³/mol. The summed E-state index contributed by atoms with van der Waals surface area (Å²) in [5, 5.41) is 11.9. The zero-order chi connectivity index (χ0) is 28.4. The number of carboxylic acid groups (broad SMARTS) is 1. The zero-order valence-electron chi connectivity index (χ0n) is 21.1. The highest BCUT2D eigenvalue weighted by Crippen LogP contribution is 2.39. The summed E-state index contributed by atoms with van der Waals surface area (Å²) >= 11 is 0. The summed E-state index contributed by atoms with van der Waals surface area (Å²) in [5.74, 6) is -5.27. The molecular weight excluding hydrogens is 530 g/mol. The number of carbonyl (C=O) groups excluding carboxylic acids is 1. The molecule has 0 radical (unpaired) electrons. The number of imidazole rings is 1. The smallest absolute Gasteiger partial charge is 0.418 e. The van der Waals surface area contributed by atoms with Gasteiger partial charge in [-0.25, -0.2) is 18.2 Å². The minimum atomic E-state index is -4.70. The van der Waals surface area contributed by atoms with Crippen LogP contribution in [-0.2, 0) is 11.0 Å². The lowest BCUT2D eigenvalue weighted by molar-refractivity contribution is -0.138. The summed E-state index contributed by atoms with van der Waals surface area (Å²) in [5.41, 5.74) is -1.46. The third kappa shape index (κ3) is 7.31. The summed E-state index contributed by atoms with van der Waals surface area (Å²) in [6.07, 6.45) is -4.41. The van der Waals surface area contributed by atoms with Crippen LogP contribution in [0.2, 0.25) is 0 Å². The Hall–Kier alpha value is -3.09. The summed E-state index contributed by atoms with van der Waals surface area (Å²) in [6.45, 7) is 0.100.